The maximum atomic E-state index is 13.7. The van der Waals surface area contributed by atoms with Crippen molar-refractivity contribution in [2.45, 2.75) is 43.0 Å². The first-order chi connectivity index (χ1) is 14.5. The van der Waals surface area contributed by atoms with Crippen molar-refractivity contribution in [1.82, 2.24) is 36.2 Å². The molecule has 5 fully saturated rings. The fourth-order valence-electron chi connectivity index (χ4n) is 5.50. The molecule has 7 atom stereocenters. The largest absolute Gasteiger partial charge is 0.447 e. The Hall–Kier alpha value is -1.57. The van der Waals surface area contributed by atoms with E-state index in [1.807, 2.05) is 0 Å². The second-order valence-electron chi connectivity index (χ2n) is 8.88. The van der Waals surface area contributed by atoms with Gasteiger partial charge in [0.05, 0.1) is 30.3 Å². The second kappa shape index (κ2) is 8.17. The number of halogens is 1. The number of nitrogens with two attached hydrogens (primary N) is 1. The molecule has 5 saturated heterocycles. The van der Waals surface area contributed by atoms with E-state index >= 15 is 0 Å². The van der Waals surface area contributed by atoms with Gasteiger partial charge in [-0.15, -0.1) is 0 Å². The highest BCUT2D eigenvalue weighted by atomic mass is 19.1. The Labute approximate surface area is 174 Å². The maximum Gasteiger partial charge on any atom is 0.410 e. The minimum absolute atomic E-state index is 0.0606. The number of nitrogens with zero attached hydrogens (tertiary/aromatic N) is 3. The number of hydrazine groups is 1. The lowest BCUT2D eigenvalue weighted by molar-refractivity contribution is -0.128. The molecule has 0 radical (unpaired) electrons. The summed E-state index contributed by atoms with van der Waals surface area (Å²) >= 11 is 0. The van der Waals surface area contributed by atoms with Crippen molar-refractivity contribution >= 4 is 12.0 Å². The number of alkyl halides is 1. The number of ether oxygens (including phenoxy) is 1. The number of piperidine rings is 1. The van der Waals surface area contributed by atoms with E-state index in [-0.39, 0.29) is 49.4 Å². The van der Waals surface area contributed by atoms with Crippen LogP contribution < -0.4 is 27.1 Å². The van der Waals surface area contributed by atoms with Gasteiger partial charge in [0.2, 0.25) is 5.91 Å². The zero-order valence-corrected chi connectivity index (χ0v) is 16.9. The van der Waals surface area contributed by atoms with E-state index in [0.717, 1.165) is 26.1 Å². The molecular weight excluding hydrogens is 395 g/mol. The van der Waals surface area contributed by atoms with Crippen molar-refractivity contribution in [2.24, 2.45) is 11.7 Å². The first-order valence-electron chi connectivity index (χ1n) is 10.9. The molecule has 30 heavy (non-hydrogen) atoms. The van der Waals surface area contributed by atoms with Gasteiger partial charge >= 0.3 is 6.09 Å². The summed E-state index contributed by atoms with van der Waals surface area (Å²) in [6, 6.07) is 0.206. The van der Waals surface area contributed by atoms with Gasteiger partial charge in [0.1, 0.15) is 12.8 Å². The van der Waals surface area contributed by atoms with Gasteiger partial charge in [-0.05, 0) is 13.0 Å². The molecule has 12 heteroatoms. The molecule has 0 aromatic carbocycles. The number of nitrogens with one attached hydrogen (secondary N) is 4. The highest BCUT2D eigenvalue weighted by molar-refractivity contribution is 5.81. The van der Waals surface area contributed by atoms with Crippen LogP contribution in [0.3, 0.4) is 0 Å². The van der Waals surface area contributed by atoms with Crippen LogP contribution in [0.2, 0.25) is 0 Å². The van der Waals surface area contributed by atoms with E-state index in [1.54, 1.807) is 9.91 Å². The standard InChI is InChI=1S/C18H31FN8O3/c19-10-5-22-16-14(15(20)24-27(16)7-10)17(28)23-12-6-21-2-1-13(12)25-3-4-26-11(8-25)9-30-18(26)29/h10-16,21-22,24H,1-9,20H2,(H,23,28). The highest BCUT2D eigenvalue weighted by Gasteiger charge is 2.48. The molecule has 5 rings (SSSR count). The Kier molecular flexibility index (Phi) is 5.54. The van der Waals surface area contributed by atoms with Crippen LogP contribution in [0.25, 0.3) is 0 Å². The minimum atomic E-state index is -0.986. The summed E-state index contributed by atoms with van der Waals surface area (Å²) in [4.78, 5) is 29.2. The normalized spacial score (nSPS) is 42.5. The Morgan fingerprint density at radius 2 is 2.13 bits per heavy atom. The summed E-state index contributed by atoms with van der Waals surface area (Å²) in [6.07, 6.45) is -1.17. The molecule has 5 heterocycles. The molecule has 0 spiro atoms. The lowest BCUT2D eigenvalue weighted by atomic mass is 9.95. The third kappa shape index (κ3) is 3.65. The molecule has 5 aliphatic rings. The van der Waals surface area contributed by atoms with E-state index in [0.29, 0.717) is 19.7 Å². The average Bonchev–Trinajstić information content (AvgIpc) is 3.26. The van der Waals surface area contributed by atoms with Gasteiger partial charge in [-0.3, -0.25) is 19.9 Å². The maximum absolute atomic E-state index is 13.7. The third-order valence-electron chi connectivity index (χ3n) is 7.01. The SMILES string of the molecule is NC1NN2CC(F)CNC2C1C(=O)NC1CNCCC1N1CCN2C(=O)OCC2C1. The van der Waals surface area contributed by atoms with E-state index in [2.05, 4.69) is 26.3 Å². The lowest BCUT2D eigenvalue weighted by Gasteiger charge is -2.45. The number of amides is 2. The Morgan fingerprint density at radius 3 is 3.00 bits per heavy atom. The van der Waals surface area contributed by atoms with Crippen LogP contribution in [0.5, 0.6) is 0 Å². The topological polar surface area (TPSA) is 127 Å². The third-order valence-corrected chi connectivity index (χ3v) is 7.01. The van der Waals surface area contributed by atoms with Gasteiger partial charge in [-0.25, -0.2) is 19.6 Å². The first kappa shape index (κ1) is 20.3. The van der Waals surface area contributed by atoms with Gasteiger partial charge in [0.15, 0.2) is 0 Å². The highest BCUT2D eigenvalue weighted by Crippen LogP contribution is 2.25. The fourth-order valence-corrected chi connectivity index (χ4v) is 5.50. The van der Waals surface area contributed by atoms with Gasteiger partial charge in [0, 0.05) is 45.3 Å². The summed E-state index contributed by atoms with van der Waals surface area (Å²) in [7, 11) is 0. The van der Waals surface area contributed by atoms with Crippen molar-refractivity contribution in [2.75, 3.05) is 52.4 Å². The molecule has 0 saturated carbocycles. The number of hydrogen-bond acceptors (Lipinski definition) is 9. The Balaban J connectivity index is 1.24. The second-order valence-corrected chi connectivity index (χ2v) is 8.88. The van der Waals surface area contributed by atoms with E-state index in [9.17, 15) is 14.0 Å². The fraction of sp³-hybridized carbons (Fsp3) is 0.889. The van der Waals surface area contributed by atoms with Crippen molar-refractivity contribution in [3.05, 3.63) is 0 Å². The van der Waals surface area contributed by atoms with Crippen molar-refractivity contribution in [3.8, 4) is 0 Å². The van der Waals surface area contributed by atoms with Crippen LogP contribution in [0.4, 0.5) is 9.18 Å². The Morgan fingerprint density at radius 1 is 1.27 bits per heavy atom. The zero-order chi connectivity index (χ0) is 20.8. The van der Waals surface area contributed by atoms with Gasteiger partial charge in [-0.2, -0.15) is 0 Å². The summed E-state index contributed by atoms with van der Waals surface area (Å²) in [5.74, 6) is -0.623. The number of rotatable bonds is 3. The molecule has 168 valence electrons. The van der Waals surface area contributed by atoms with Crippen LogP contribution in [0.15, 0.2) is 0 Å². The molecule has 0 bridgehead atoms. The lowest BCUT2D eigenvalue weighted by Crippen LogP contribution is -2.65. The zero-order valence-electron chi connectivity index (χ0n) is 16.9. The first-order valence-corrected chi connectivity index (χ1v) is 10.9. The molecule has 11 nitrogen and oxygen atoms in total. The summed E-state index contributed by atoms with van der Waals surface area (Å²) in [5, 5.41) is 11.4. The number of hydrogen-bond donors (Lipinski definition) is 5. The quantitative estimate of drug-likeness (QED) is 0.320. The minimum Gasteiger partial charge on any atom is -0.447 e. The number of carbonyl (C=O) groups is 2. The number of piperazine rings is 1. The van der Waals surface area contributed by atoms with Crippen LogP contribution >= 0.6 is 0 Å². The molecule has 5 aliphatic heterocycles. The predicted molar refractivity (Wildman–Crippen MR) is 105 cm³/mol. The smallest absolute Gasteiger partial charge is 0.410 e. The van der Waals surface area contributed by atoms with E-state index < -0.39 is 18.3 Å². The van der Waals surface area contributed by atoms with Gasteiger partial charge in [0.25, 0.3) is 0 Å². The molecule has 0 aliphatic carbocycles. The summed E-state index contributed by atoms with van der Waals surface area (Å²) in [6.45, 7) is 4.61. The van der Waals surface area contributed by atoms with Crippen LogP contribution in [0, 0.1) is 5.92 Å². The predicted octanol–water partition coefficient (Wildman–Crippen LogP) is -3.04. The van der Waals surface area contributed by atoms with Gasteiger partial charge < -0.3 is 21.1 Å². The van der Waals surface area contributed by atoms with Crippen LogP contribution in [-0.2, 0) is 9.53 Å². The summed E-state index contributed by atoms with van der Waals surface area (Å²) < 4.78 is 18.9. The molecule has 2 amide bonds. The monoisotopic (exact) mass is 426 g/mol. The number of cyclic esters (lactones) is 1. The van der Waals surface area contributed by atoms with Crippen LogP contribution in [-0.4, -0.2) is 116 Å². The van der Waals surface area contributed by atoms with E-state index in [1.165, 1.54) is 0 Å². The molecule has 0 aromatic rings. The molecule has 0 aromatic heterocycles. The van der Waals surface area contributed by atoms with Crippen molar-refractivity contribution in [1.29, 1.82) is 0 Å². The van der Waals surface area contributed by atoms with Crippen molar-refractivity contribution < 1.29 is 18.7 Å². The van der Waals surface area contributed by atoms with Crippen molar-refractivity contribution in [3.63, 3.8) is 0 Å². The molecule has 7 unspecified atom stereocenters. The van der Waals surface area contributed by atoms with Gasteiger partial charge in [-0.1, -0.05) is 0 Å². The van der Waals surface area contributed by atoms with E-state index in [4.69, 9.17) is 10.5 Å². The van der Waals surface area contributed by atoms with Crippen LogP contribution in [0.1, 0.15) is 6.42 Å². The Bertz CT molecular complexity index is 686. The number of carbonyl (C=O) groups excluding carboxylic acids is 2. The molecule has 6 N–H and O–H groups in total. The summed E-state index contributed by atoms with van der Waals surface area (Å²) in [5.41, 5.74) is 9.21. The average molecular weight is 426 g/mol. The molecular formula is C18H31FN8O3. The number of fused-ring (bicyclic) bond motifs is 2.